The second-order valence-electron chi connectivity index (χ2n) is 3.52. The maximum Gasteiger partial charge on any atom is 0.230 e. The van der Waals surface area contributed by atoms with Crippen molar-refractivity contribution < 1.29 is 4.79 Å². The number of aromatic nitrogens is 2. The number of H-pyrrole nitrogens is 1. The molecule has 17 heavy (non-hydrogen) atoms. The lowest BCUT2D eigenvalue weighted by Crippen LogP contribution is -2.24. The van der Waals surface area contributed by atoms with Crippen molar-refractivity contribution in [2.45, 2.75) is 17.7 Å². The van der Waals surface area contributed by atoms with E-state index in [9.17, 15) is 4.79 Å². The van der Waals surface area contributed by atoms with Crippen molar-refractivity contribution in [1.82, 2.24) is 15.5 Å². The number of hydrogen-bond acceptors (Lipinski definition) is 4. The van der Waals surface area contributed by atoms with Crippen molar-refractivity contribution >= 4 is 29.0 Å². The lowest BCUT2D eigenvalue weighted by molar-refractivity contribution is -0.118. The molecular formula is C11H13N3OS2. The molecule has 0 aliphatic carbocycles. The van der Waals surface area contributed by atoms with Gasteiger partial charge in [0.15, 0.2) is 0 Å². The Balaban J connectivity index is 1.73. The van der Waals surface area contributed by atoms with E-state index >= 15 is 0 Å². The number of thioether (sulfide) groups is 1. The first kappa shape index (κ1) is 12.2. The normalized spacial score (nSPS) is 10.4. The Hall–Kier alpha value is -1.27. The Kier molecular flexibility index (Phi) is 4.22. The van der Waals surface area contributed by atoms with Gasteiger partial charge in [0.05, 0.1) is 16.2 Å². The highest BCUT2D eigenvalue weighted by Crippen LogP contribution is 2.22. The molecule has 0 spiro atoms. The Bertz CT molecular complexity index is 479. The zero-order valence-corrected chi connectivity index (χ0v) is 11.0. The summed E-state index contributed by atoms with van der Waals surface area (Å²) in [5.41, 5.74) is 2.02. The second kappa shape index (κ2) is 5.88. The molecule has 0 unspecified atom stereocenters. The Labute approximate surface area is 108 Å². The zero-order valence-electron chi connectivity index (χ0n) is 9.40. The quantitative estimate of drug-likeness (QED) is 0.816. The fourth-order valence-corrected chi connectivity index (χ4v) is 2.90. The molecule has 0 saturated heterocycles. The van der Waals surface area contributed by atoms with Crippen molar-refractivity contribution in [2.75, 3.05) is 5.75 Å². The first-order valence-electron chi connectivity index (χ1n) is 5.17. The van der Waals surface area contributed by atoms with Crippen molar-refractivity contribution in [3.8, 4) is 0 Å². The van der Waals surface area contributed by atoms with Crippen molar-refractivity contribution in [3.63, 3.8) is 0 Å². The van der Waals surface area contributed by atoms with Gasteiger partial charge < -0.3 is 5.32 Å². The van der Waals surface area contributed by atoms with Gasteiger partial charge in [-0.05, 0) is 18.4 Å². The fraction of sp³-hybridized carbons (Fsp3) is 0.273. The summed E-state index contributed by atoms with van der Waals surface area (Å²) in [6.45, 7) is 2.47. The minimum Gasteiger partial charge on any atom is -0.351 e. The van der Waals surface area contributed by atoms with E-state index in [1.54, 1.807) is 29.3 Å². The molecule has 90 valence electrons. The van der Waals surface area contributed by atoms with E-state index in [0.717, 1.165) is 11.3 Å². The minimum atomic E-state index is 0.0454. The first-order chi connectivity index (χ1) is 8.25. The van der Waals surface area contributed by atoms with Crippen LogP contribution in [0.3, 0.4) is 0 Å². The average molecular weight is 267 g/mol. The van der Waals surface area contributed by atoms with Gasteiger partial charge in [0.2, 0.25) is 5.91 Å². The van der Waals surface area contributed by atoms with Crippen molar-refractivity contribution in [1.29, 1.82) is 0 Å². The Morgan fingerprint density at radius 2 is 2.53 bits per heavy atom. The molecule has 0 atom stereocenters. The topological polar surface area (TPSA) is 57.8 Å². The molecule has 0 bridgehead atoms. The van der Waals surface area contributed by atoms with Crippen LogP contribution in [-0.2, 0) is 11.3 Å². The number of thiophene rings is 1. The maximum absolute atomic E-state index is 11.6. The van der Waals surface area contributed by atoms with Crippen LogP contribution in [0.2, 0.25) is 0 Å². The Morgan fingerprint density at radius 1 is 1.65 bits per heavy atom. The number of nitrogens with one attached hydrogen (secondary N) is 2. The van der Waals surface area contributed by atoms with Gasteiger partial charge in [0.1, 0.15) is 0 Å². The summed E-state index contributed by atoms with van der Waals surface area (Å²) < 4.78 is 1.17. The molecule has 4 nitrogen and oxygen atoms in total. The molecule has 2 heterocycles. The smallest absolute Gasteiger partial charge is 0.230 e. The molecule has 6 heteroatoms. The molecule has 1 amide bonds. The molecule has 2 aromatic heterocycles. The summed E-state index contributed by atoms with van der Waals surface area (Å²) in [5, 5.41) is 11.6. The maximum atomic E-state index is 11.6. The van der Waals surface area contributed by atoms with E-state index in [2.05, 4.69) is 15.5 Å². The summed E-state index contributed by atoms with van der Waals surface area (Å²) in [6.07, 6.45) is 1.74. The third kappa shape index (κ3) is 3.61. The minimum absolute atomic E-state index is 0.0454. The van der Waals surface area contributed by atoms with E-state index in [1.807, 2.05) is 24.4 Å². The Morgan fingerprint density at radius 3 is 3.18 bits per heavy atom. The second-order valence-corrected chi connectivity index (χ2v) is 5.74. The molecule has 0 aromatic carbocycles. The van der Waals surface area contributed by atoms with Crippen molar-refractivity contribution in [2.24, 2.45) is 0 Å². The number of carbonyl (C=O) groups excluding carboxylic acids is 1. The summed E-state index contributed by atoms with van der Waals surface area (Å²) in [7, 11) is 0. The number of rotatable bonds is 5. The predicted molar refractivity (Wildman–Crippen MR) is 70.2 cm³/mol. The van der Waals surface area contributed by atoms with Crippen LogP contribution in [0, 0.1) is 6.92 Å². The SMILES string of the molecule is Cc1[nH]ncc1CNC(=O)CSc1cccs1. The van der Waals surface area contributed by atoms with E-state index < -0.39 is 0 Å². The molecular weight excluding hydrogens is 254 g/mol. The van der Waals surface area contributed by atoms with E-state index in [4.69, 9.17) is 0 Å². The van der Waals surface area contributed by atoms with Crippen molar-refractivity contribution in [3.05, 3.63) is 35.0 Å². The molecule has 0 aliphatic heterocycles. The van der Waals surface area contributed by atoms with Gasteiger partial charge in [-0.3, -0.25) is 9.89 Å². The number of aromatic amines is 1. The van der Waals surface area contributed by atoms with Gasteiger partial charge in [-0.15, -0.1) is 23.1 Å². The average Bonchev–Trinajstić information content (AvgIpc) is 2.95. The van der Waals surface area contributed by atoms with E-state index in [0.29, 0.717) is 12.3 Å². The van der Waals surface area contributed by atoms with Gasteiger partial charge in [0, 0.05) is 17.8 Å². The molecule has 0 fully saturated rings. The van der Waals surface area contributed by atoms with Gasteiger partial charge in [-0.2, -0.15) is 5.10 Å². The van der Waals surface area contributed by atoms with Crippen LogP contribution in [0.25, 0.3) is 0 Å². The van der Waals surface area contributed by atoms with Gasteiger partial charge >= 0.3 is 0 Å². The lowest BCUT2D eigenvalue weighted by Gasteiger charge is -2.03. The number of aryl methyl sites for hydroxylation is 1. The zero-order chi connectivity index (χ0) is 12.1. The molecule has 0 radical (unpaired) electrons. The number of amides is 1. The van der Waals surface area contributed by atoms with Crippen LogP contribution < -0.4 is 5.32 Å². The van der Waals surface area contributed by atoms with Gasteiger partial charge in [-0.1, -0.05) is 6.07 Å². The summed E-state index contributed by atoms with van der Waals surface area (Å²) >= 11 is 3.21. The number of hydrogen-bond donors (Lipinski definition) is 2. The lowest BCUT2D eigenvalue weighted by atomic mass is 10.3. The summed E-state index contributed by atoms with van der Waals surface area (Å²) in [5.74, 6) is 0.501. The van der Waals surface area contributed by atoms with Crippen LogP contribution in [0.1, 0.15) is 11.3 Å². The number of nitrogens with zero attached hydrogens (tertiary/aromatic N) is 1. The largest absolute Gasteiger partial charge is 0.351 e. The predicted octanol–water partition coefficient (Wildman–Crippen LogP) is 2.19. The first-order valence-corrected chi connectivity index (χ1v) is 7.04. The standard InChI is InChI=1S/C11H13N3OS2/c1-8-9(6-13-14-8)5-12-10(15)7-17-11-3-2-4-16-11/h2-4,6H,5,7H2,1H3,(H,12,15)(H,13,14). The fourth-order valence-electron chi connectivity index (χ4n) is 1.28. The summed E-state index contributed by atoms with van der Waals surface area (Å²) in [6, 6.07) is 4.00. The monoisotopic (exact) mass is 267 g/mol. The molecule has 2 rings (SSSR count). The molecule has 0 aliphatic rings. The highest BCUT2D eigenvalue weighted by atomic mass is 32.2. The third-order valence-electron chi connectivity index (χ3n) is 2.25. The number of carbonyl (C=O) groups is 1. The van der Waals surface area contributed by atoms with Crippen LogP contribution >= 0.6 is 23.1 Å². The van der Waals surface area contributed by atoms with Crippen LogP contribution in [0.15, 0.2) is 27.9 Å². The third-order valence-corrected chi connectivity index (χ3v) is 4.38. The summed E-state index contributed by atoms with van der Waals surface area (Å²) in [4.78, 5) is 11.6. The molecule has 0 saturated carbocycles. The van der Waals surface area contributed by atoms with Crippen LogP contribution in [0.4, 0.5) is 0 Å². The highest BCUT2D eigenvalue weighted by molar-refractivity contribution is 8.01. The molecule has 2 aromatic rings. The van der Waals surface area contributed by atoms with Gasteiger partial charge in [0.25, 0.3) is 0 Å². The van der Waals surface area contributed by atoms with Crippen LogP contribution in [-0.4, -0.2) is 21.9 Å². The molecule has 2 N–H and O–H groups in total. The van der Waals surface area contributed by atoms with E-state index in [1.165, 1.54) is 4.21 Å². The van der Waals surface area contributed by atoms with Gasteiger partial charge in [-0.25, -0.2) is 0 Å². The highest BCUT2D eigenvalue weighted by Gasteiger charge is 2.05. The van der Waals surface area contributed by atoms with E-state index in [-0.39, 0.29) is 5.91 Å². The van der Waals surface area contributed by atoms with Crippen LogP contribution in [0.5, 0.6) is 0 Å².